The summed E-state index contributed by atoms with van der Waals surface area (Å²) in [7, 11) is 0. The van der Waals surface area contributed by atoms with Crippen LogP contribution in [0.3, 0.4) is 0 Å². The van der Waals surface area contributed by atoms with Gasteiger partial charge in [0.05, 0.1) is 0 Å². The minimum atomic E-state index is -0.0444. The second kappa shape index (κ2) is 4.15. The van der Waals surface area contributed by atoms with Crippen molar-refractivity contribution in [2.45, 2.75) is 37.6 Å². The summed E-state index contributed by atoms with van der Waals surface area (Å²) >= 11 is 12.3. The fraction of sp³-hybridized carbons (Fsp3) is 0.571. The maximum absolute atomic E-state index is 6.59. The number of rotatable bonds is 2. The van der Waals surface area contributed by atoms with Crippen molar-refractivity contribution in [3.05, 3.63) is 33.8 Å². The molecule has 2 aliphatic carbocycles. The van der Waals surface area contributed by atoms with Crippen LogP contribution in [-0.2, 0) is 6.42 Å². The Labute approximate surface area is 112 Å². The summed E-state index contributed by atoms with van der Waals surface area (Å²) < 4.78 is 0. The molecule has 0 heterocycles. The number of halogens is 2. The number of hydrogen-bond acceptors (Lipinski definition) is 1. The SMILES string of the molecule is NC1(Cc2cc(Cl)ccc2Cl)CC2CCC1C2. The van der Waals surface area contributed by atoms with E-state index in [9.17, 15) is 0 Å². The number of fused-ring (bicyclic) bond motifs is 2. The number of hydrogen-bond donors (Lipinski definition) is 1. The first-order chi connectivity index (χ1) is 8.07. The second-order valence-electron chi connectivity index (χ2n) is 5.73. The Balaban J connectivity index is 1.85. The third-order valence-electron chi connectivity index (χ3n) is 4.55. The van der Waals surface area contributed by atoms with Crippen LogP contribution in [0.25, 0.3) is 0 Å². The summed E-state index contributed by atoms with van der Waals surface area (Å²) in [5.74, 6) is 1.53. The molecule has 2 bridgehead atoms. The normalized spacial score (nSPS) is 35.5. The van der Waals surface area contributed by atoms with Crippen LogP contribution in [0.2, 0.25) is 10.0 Å². The third-order valence-corrected chi connectivity index (χ3v) is 5.15. The monoisotopic (exact) mass is 269 g/mol. The average Bonchev–Trinajstić information content (AvgIpc) is 2.83. The molecule has 0 spiro atoms. The molecule has 0 aliphatic heterocycles. The van der Waals surface area contributed by atoms with Crippen molar-refractivity contribution in [1.29, 1.82) is 0 Å². The summed E-state index contributed by atoms with van der Waals surface area (Å²) in [6, 6.07) is 5.66. The van der Waals surface area contributed by atoms with E-state index < -0.39 is 0 Å². The molecular weight excluding hydrogens is 253 g/mol. The van der Waals surface area contributed by atoms with Gasteiger partial charge in [0.2, 0.25) is 0 Å². The van der Waals surface area contributed by atoms with Crippen LogP contribution in [0.4, 0.5) is 0 Å². The van der Waals surface area contributed by atoms with Gasteiger partial charge in [-0.25, -0.2) is 0 Å². The molecule has 3 rings (SSSR count). The molecule has 2 aliphatic rings. The highest BCUT2D eigenvalue weighted by atomic mass is 35.5. The molecule has 17 heavy (non-hydrogen) atoms. The van der Waals surface area contributed by atoms with Crippen LogP contribution in [0.5, 0.6) is 0 Å². The maximum Gasteiger partial charge on any atom is 0.0439 e. The summed E-state index contributed by atoms with van der Waals surface area (Å²) in [5, 5.41) is 1.54. The first kappa shape index (κ1) is 11.8. The zero-order chi connectivity index (χ0) is 12.0. The standard InChI is InChI=1S/C14H17Cl2N/c15-12-3-4-13(16)10(6-12)8-14(17)7-9-1-2-11(14)5-9/h3-4,6,9,11H,1-2,5,7-8,17H2. The summed E-state index contributed by atoms with van der Waals surface area (Å²) in [6.07, 6.45) is 6.00. The van der Waals surface area contributed by atoms with Crippen molar-refractivity contribution < 1.29 is 0 Å². The highest BCUT2D eigenvalue weighted by molar-refractivity contribution is 6.33. The van der Waals surface area contributed by atoms with Gasteiger partial charge < -0.3 is 5.73 Å². The molecule has 1 nitrogen and oxygen atoms in total. The Morgan fingerprint density at radius 2 is 2.12 bits per heavy atom. The molecule has 2 fully saturated rings. The van der Waals surface area contributed by atoms with E-state index in [-0.39, 0.29) is 5.54 Å². The van der Waals surface area contributed by atoms with E-state index in [0.29, 0.717) is 5.92 Å². The molecule has 3 unspecified atom stereocenters. The molecule has 0 aromatic heterocycles. The fourth-order valence-corrected chi connectivity index (χ4v) is 4.12. The van der Waals surface area contributed by atoms with E-state index in [4.69, 9.17) is 28.9 Å². The minimum absolute atomic E-state index is 0.0444. The highest BCUT2D eigenvalue weighted by Gasteiger charge is 2.48. The van der Waals surface area contributed by atoms with Gasteiger partial charge >= 0.3 is 0 Å². The van der Waals surface area contributed by atoms with E-state index in [0.717, 1.165) is 34.4 Å². The fourth-order valence-electron chi connectivity index (χ4n) is 3.74. The van der Waals surface area contributed by atoms with E-state index in [2.05, 4.69) is 0 Å². The Kier molecular flexibility index (Phi) is 2.89. The highest BCUT2D eigenvalue weighted by Crippen LogP contribution is 2.51. The van der Waals surface area contributed by atoms with Crippen LogP contribution in [0.1, 0.15) is 31.2 Å². The van der Waals surface area contributed by atoms with Gasteiger partial charge in [0.1, 0.15) is 0 Å². The van der Waals surface area contributed by atoms with Gasteiger partial charge in [-0.1, -0.05) is 29.6 Å². The van der Waals surface area contributed by atoms with Gasteiger partial charge in [-0.2, -0.15) is 0 Å². The van der Waals surface area contributed by atoms with E-state index in [1.165, 1.54) is 19.3 Å². The Bertz CT molecular complexity index is 446. The Morgan fingerprint density at radius 1 is 1.29 bits per heavy atom. The van der Waals surface area contributed by atoms with Gasteiger partial charge in [-0.15, -0.1) is 0 Å². The Morgan fingerprint density at radius 3 is 2.76 bits per heavy atom. The molecule has 2 N–H and O–H groups in total. The third kappa shape index (κ3) is 2.09. The molecule has 1 aromatic carbocycles. The van der Waals surface area contributed by atoms with Crippen molar-refractivity contribution in [3.8, 4) is 0 Å². The summed E-state index contributed by atoms with van der Waals surface area (Å²) in [5.41, 5.74) is 7.65. The van der Waals surface area contributed by atoms with Crippen LogP contribution in [0.15, 0.2) is 18.2 Å². The number of nitrogens with two attached hydrogens (primary N) is 1. The van der Waals surface area contributed by atoms with Crippen molar-refractivity contribution in [2.75, 3.05) is 0 Å². The first-order valence-electron chi connectivity index (χ1n) is 6.30. The predicted octanol–water partition coefficient (Wildman–Crippen LogP) is 4.05. The van der Waals surface area contributed by atoms with Crippen LogP contribution in [0, 0.1) is 11.8 Å². The molecule has 3 heteroatoms. The molecular formula is C14H17Cl2N. The molecule has 3 atom stereocenters. The van der Waals surface area contributed by atoms with Gasteiger partial charge in [0, 0.05) is 15.6 Å². The summed E-state index contributed by atoms with van der Waals surface area (Å²) in [4.78, 5) is 0. The van der Waals surface area contributed by atoms with Crippen LogP contribution < -0.4 is 5.73 Å². The Hall–Kier alpha value is -0.240. The van der Waals surface area contributed by atoms with Gasteiger partial charge in [-0.05, 0) is 61.3 Å². The lowest BCUT2D eigenvalue weighted by Crippen LogP contribution is -2.47. The minimum Gasteiger partial charge on any atom is -0.325 e. The predicted molar refractivity (Wildman–Crippen MR) is 72.5 cm³/mol. The lowest BCUT2D eigenvalue weighted by atomic mass is 9.77. The van der Waals surface area contributed by atoms with Gasteiger partial charge in [0.15, 0.2) is 0 Å². The molecule has 92 valence electrons. The van der Waals surface area contributed by atoms with Gasteiger partial charge in [-0.3, -0.25) is 0 Å². The molecule has 0 radical (unpaired) electrons. The molecule has 0 amide bonds. The summed E-state index contributed by atoms with van der Waals surface area (Å²) in [6.45, 7) is 0. The quantitative estimate of drug-likeness (QED) is 0.861. The molecule has 0 saturated heterocycles. The van der Waals surface area contributed by atoms with E-state index in [1.54, 1.807) is 0 Å². The van der Waals surface area contributed by atoms with Crippen LogP contribution in [-0.4, -0.2) is 5.54 Å². The largest absolute Gasteiger partial charge is 0.325 e. The van der Waals surface area contributed by atoms with Crippen LogP contribution >= 0.6 is 23.2 Å². The number of benzene rings is 1. The lowest BCUT2D eigenvalue weighted by molar-refractivity contribution is 0.269. The molecule has 1 aromatic rings. The topological polar surface area (TPSA) is 26.0 Å². The van der Waals surface area contributed by atoms with Gasteiger partial charge in [0.25, 0.3) is 0 Å². The van der Waals surface area contributed by atoms with E-state index >= 15 is 0 Å². The van der Waals surface area contributed by atoms with E-state index in [1.807, 2.05) is 18.2 Å². The second-order valence-corrected chi connectivity index (χ2v) is 6.57. The zero-order valence-electron chi connectivity index (χ0n) is 9.76. The first-order valence-corrected chi connectivity index (χ1v) is 7.05. The van der Waals surface area contributed by atoms with Crippen molar-refractivity contribution in [3.63, 3.8) is 0 Å². The molecule has 2 saturated carbocycles. The van der Waals surface area contributed by atoms with Crippen molar-refractivity contribution in [1.82, 2.24) is 0 Å². The average molecular weight is 270 g/mol. The zero-order valence-corrected chi connectivity index (χ0v) is 11.3. The van der Waals surface area contributed by atoms with Crippen molar-refractivity contribution >= 4 is 23.2 Å². The lowest BCUT2D eigenvalue weighted by Gasteiger charge is -2.34. The maximum atomic E-state index is 6.59. The van der Waals surface area contributed by atoms with Crippen molar-refractivity contribution in [2.24, 2.45) is 17.6 Å². The smallest absolute Gasteiger partial charge is 0.0439 e.